The van der Waals surface area contributed by atoms with E-state index >= 15 is 0 Å². The Labute approximate surface area is 309 Å². The Bertz CT molecular complexity index is 2640. The minimum Gasteiger partial charge on any atom is -0.0622 e. The van der Waals surface area contributed by atoms with Crippen LogP contribution in [-0.4, -0.2) is 0 Å². The molecule has 0 saturated carbocycles. The van der Waals surface area contributed by atoms with Crippen molar-refractivity contribution in [2.45, 2.75) is 67.7 Å². The molecule has 0 saturated heterocycles. The quantitative estimate of drug-likeness (QED) is 0.163. The van der Waals surface area contributed by atoms with E-state index in [9.17, 15) is 0 Å². The van der Waals surface area contributed by atoms with Gasteiger partial charge in [0, 0.05) is 0 Å². The maximum atomic E-state index is 2.51. The van der Waals surface area contributed by atoms with E-state index < -0.39 is 0 Å². The van der Waals surface area contributed by atoms with Crippen LogP contribution in [0, 0.1) is 41.5 Å². The van der Waals surface area contributed by atoms with Gasteiger partial charge in [0.2, 0.25) is 0 Å². The molecule has 0 amide bonds. The van der Waals surface area contributed by atoms with Crippen LogP contribution >= 0.6 is 0 Å². The first-order chi connectivity index (χ1) is 24.9. The van der Waals surface area contributed by atoms with E-state index in [0.717, 1.165) is 0 Å². The van der Waals surface area contributed by atoms with Gasteiger partial charge in [0.1, 0.15) is 0 Å². The lowest BCUT2D eigenvalue weighted by Gasteiger charge is -2.28. The summed E-state index contributed by atoms with van der Waals surface area (Å²) in [5.74, 6) is 0. The van der Waals surface area contributed by atoms with Gasteiger partial charge in [-0.2, -0.15) is 0 Å². The molecule has 0 fully saturated rings. The van der Waals surface area contributed by atoms with E-state index in [0.29, 0.717) is 0 Å². The molecule has 8 aromatic rings. The average Bonchev–Trinajstić information content (AvgIpc) is 3.10. The van der Waals surface area contributed by atoms with Crippen LogP contribution in [0.25, 0.3) is 76.8 Å². The molecule has 0 N–H and O–H groups in total. The lowest BCUT2D eigenvalue weighted by Crippen LogP contribution is -2.11. The molecule has 0 nitrogen and oxygen atoms in total. The highest BCUT2D eigenvalue weighted by atomic mass is 14.3. The van der Waals surface area contributed by atoms with Gasteiger partial charge >= 0.3 is 0 Å². The Morgan fingerprint density at radius 2 is 0.692 bits per heavy atom. The van der Waals surface area contributed by atoms with Crippen molar-refractivity contribution >= 4 is 32.3 Å². The van der Waals surface area contributed by atoms with Gasteiger partial charge in [0.25, 0.3) is 0 Å². The molecule has 8 aromatic carbocycles. The van der Waals surface area contributed by atoms with Crippen LogP contribution in [-0.2, 0) is 5.41 Å². The lowest BCUT2D eigenvalue weighted by molar-refractivity contribution is 0.591. The monoisotopic (exact) mass is 672 g/mol. The summed E-state index contributed by atoms with van der Waals surface area (Å²) in [6.07, 6.45) is 0. The molecular weight excluding hydrogens is 625 g/mol. The van der Waals surface area contributed by atoms with Gasteiger partial charge < -0.3 is 0 Å². The second-order valence-corrected chi connectivity index (χ2v) is 16.1. The third-order valence-electron chi connectivity index (χ3n) is 11.1. The largest absolute Gasteiger partial charge is 0.0622 e. The first-order valence-corrected chi connectivity index (χ1v) is 18.7. The van der Waals surface area contributed by atoms with Gasteiger partial charge in [-0.1, -0.05) is 153 Å². The minimum absolute atomic E-state index is 0.0154. The zero-order valence-corrected chi connectivity index (χ0v) is 32.1. The maximum absolute atomic E-state index is 2.51. The van der Waals surface area contributed by atoms with Crippen molar-refractivity contribution in [2.24, 2.45) is 0 Å². The van der Waals surface area contributed by atoms with Crippen molar-refractivity contribution in [3.05, 3.63) is 166 Å². The third-order valence-corrected chi connectivity index (χ3v) is 11.1. The van der Waals surface area contributed by atoms with E-state index in [2.05, 4.69) is 190 Å². The maximum Gasteiger partial charge on any atom is -0.000118 e. The van der Waals surface area contributed by atoms with Crippen molar-refractivity contribution in [3.8, 4) is 44.5 Å². The van der Waals surface area contributed by atoms with Gasteiger partial charge in [-0.05, 0) is 158 Å². The normalized spacial score (nSPS) is 11.9. The summed E-state index contributed by atoms with van der Waals surface area (Å²) in [6.45, 7) is 20.6. The molecule has 8 rings (SSSR count). The van der Waals surface area contributed by atoms with Crippen molar-refractivity contribution < 1.29 is 0 Å². The summed E-state index contributed by atoms with van der Waals surface area (Å²) >= 11 is 0. The Kier molecular flexibility index (Phi) is 8.19. The first kappa shape index (κ1) is 33.7. The van der Waals surface area contributed by atoms with Crippen molar-refractivity contribution in [2.75, 3.05) is 0 Å². The second kappa shape index (κ2) is 12.6. The lowest BCUT2D eigenvalue weighted by atomic mass is 9.74. The van der Waals surface area contributed by atoms with E-state index in [1.54, 1.807) is 0 Å². The van der Waals surface area contributed by atoms with Crippen molar-refractivity contribution in [1.29, 1.82) is 0 Å². The predicted molar refractivity (Wildman–Crippen MR) is 228 cm³/mol. The number of hydrogen-bond acceptors (Lipinski definition) is 0. The molecule has 0 aliphatic rings. The number of fused-ring (bicyclic) bond motifs is 3. The molecule has 0 atom stereocenters. The topological polar surface area (TPSA) is 0 Å². The van der Waals surface area contributed by atoms with Crippen LogP contribution in [0.5, 0.6) is 0 Å². The van der Waals surface area contributed by atoms with Crippen molar-refractivity contribution in [3.63, 3.8) is 0 Å². The summed E-state index contributed by atoms with van der Waals surface area (Å²) in [4.78, 5) is 0. The Morgan fingerprint density at radius 1 is 0.327 bits per heavy atom. The van der Waals surface area contributed by atoms with E-state index in [1.165, 1.54) is 116 Å². The van der Waals surface area contributed by atoms with Gasteiger partial charge in [-0.25, -0.2) is 0 Å². The molecule has 52 heavy (non-hydrogen) atoms. The molecule has 0 aliphatic carbocycles. The third kappa shape index (κ3) is 5.44. The van der Waals surface area contributed by atoms with Crippen LogP contribution in [0.3, 0.4) is 0 Å². The molecular formula is C52H48. The Morgan fingerprint density at radius 3 is 1.12 bits per heavy atom. The fraction of sp³-hybridized carbons (Fsp3) is 0.192. The zero-order valence-electron chi connectivity index (χ0n) is 32.1. The molecule has 0 unspecified atom stereocenters. The number of benzene rings is 8. The zero-order chi connectivity index (χ0) is 36.5. The fourth-order valence-electron chi connectivity index (χ4n) is 9.12. The Hall–Kier alpha value is -5.46. The summed E-state index contributed by atoms with van der Waals surface area (Å²) in [5.41, 5.74) is 19.5. The highest BCUT2D eigenvalue weighted by Gasteiger charge is 2.29. The van der Waals surface area contributed by atoms with E-state index in [1.807, 2.05) is 0 Å². The van der Waals surface area contributed by atoms with Gasteiger partial charge in [0.05, 0.1) is 0 Å². The molecule has 256 valence electrons. The Balaban J connectivity index is 1.82. The van der Waals surface area contributed by atoms with Crippen molar-refractivity contribution in [1.82, 2.24) is 0 Å². The van der Waals surface area contributed by atoms with Crippen LogP contribution in [0.1, 0.15) is 59.7 Å². The highest BCUT2D eigenvalue weighted by molar-refractivity contribution is 6.34. The molecule has 0 heteroatoms. The first-order valence-electron chi connectivity index (χ1n) is 18.7. The molecule has 0 heterocycles. The van der Waals surface area contributed by atoms with Gasteiger partial charge in [-0.3, -0.25) is 0 Å². The van der Waals surface area contributed by atoms with E-state index in [4.69, 9.17) is 0 Å². The summed E-state index contributed by atoms with van der Waals surface area (Å²) in [5, 5.41) is 7.82. The molecule has 0 bridgehead atoms. The van der Waals surface area contributed by atoms with Gasteiger partial charge in [0.15, 0.2) is 0 Å². The summed E-state index contributed by atoms with van der Waals surface area (Å²) in [7, 11) is 0. The van der Waals surface area contributed by atoms with Crippen LogP contribution in [0.4, 0.5) is 0 Å². The van der Waals surface area contributed by atoms with E-state index in [-0.39, 0.29) is 5.41 Å². The fourth-order valence-corrected chi connectivity index (χ4v) is 9.12. The highest BCUT2D eigenvalue weighted by Crippen LogP contribution is 2.55. The molecule has 0 aromatic heterocycles. The van der Waals surface area contributed by atoms with Gasteiger partial charge in [-0.15, -0.1) is 0 Å². The number of rotatable bonds is 4. The molecule has 0 radical (unpaired) electrons. The average molecular weight is 673 g/mol. The molecule has 0 spiro atoms. The van der Waals surface area contributed by atoms with Crippen LogP contribution in [0.15, 0.2) is 127 Å². The predicted octanol–water partition coefficient (Wildman–Crippen LogP) is 15.0. The molecule has 0 aliphatic heterocycles. The smallest absolute Gasteiger partial charge is 0.000118 e. The van der Waals surface area contributed by atoms with Crippen LogP contribution in [0.2, 0.25) is 0 Å². The summed E-state index contributed by atoms with van der Waals surface area (Å²) < 4.78 is 0. The number of hydrogen-bond donors (Lipinski definition) is 0. The SMILES string of the molecule is Cc1cc(C)c(-c2c3ccccc3c(-c3ccccc3)c3c(-c4c(C)cc(C)cc4C)c4ccc(C(C)(C)C)cc4c(-c4ccccc4)c23)c(C)c1. The summed E-state index contributed by atoms with van der Waals surface area (Å²) in [6, 6.07) is 48.2. The second-order valence-electron chi connectivity index (χ2n) is 16.1. The van der Waals surface area contributed by atoms with Crippen LogP contribution < -0.4 is 0 Å². The standard InChI is InChI=1S/C52H48/c1-31-26-33(3)44(34(4)27-31)48-41-23-17-16-22-40(41)46(37-18-12-10-13-19-37)50-49(45-35(5)28-32(2)29-36(45)6)42-25-24-39(52(7,8)9)30-43(42)47(51(48)50)38-20-14-11-15-21-38/h10-30H,1-9H3. The number of aryl methyl sites for hydroxylation is 6. The minimum atomic E-state index is -0.0154.